The summed E-state index contributed by atoms with van der Waals surface area (Å²) in [6.45, 7) is 5.01. The molecule has 102 valence electrons. The number of hydrogen-bond donors (Lipinski definition) is 0. The van der Waals surface area contributed by atoms with Gasteiger partial charge in [-0.3, -0.25) is 0 Å². The molecule has 0 radical (unpaired) electrons. The minimum Gasteiger partial charge on any atom is -0.494 e. The fourth-order valence-electron chi connectivity index (χ4n) is 1.83. The first-order valence-corrected chi connectivity index (χ1v) is 6.85. The van der Waals surface area contributed by atoms with Crippen molar-refractivity contribution in [3.05, 3.63) is 30.1 Å². The van der Waals surface area contributed by atoms with Crippen LogP contribution in [0.4, 0.5) is 0 Å². The first-order valence-electron chi connectivity index (χ1n) is 6.85. The lowest BCUT2D eigenvalue weighted by atomic mass is 10.2. The summed E-state index contributed by atoms with van der Waals surface area (Å²) >= 11 is 0. The smallest absolute Gasteiger partial charge is 0.156 e. The summed E-state index contributed by atoms with van der Waals surface area (Å²) in [4.78, 5) is 0. The molecule has 0 bridgehead atoms. The zero-order valence-electron chi connectivity index (χ0n) is 11.5. The van der Waals surface area contributed by atoms with Gasteiger partial charge in [-0.25, -0.2) is 0 Å². The van der Waals surface area contributed by atoms with E-state index in [4.69, 9.17) is 4.74 Å². The Morgan fingerprint density at radius 2 is 2.11 bits per heavy atom. The van der Waals surface area contributed by atoms with Crippen LogP contribution in [0, 0.1) is 0 Å². The quantitative estimate of drug-likeness (QED) is 0.718. The number of hydrogen-bond acceptors (Lipinski definition) is 4. The molecule has 0 fully saturated rings. The van der Waals surface area contributed by atoms with Gasteiger partial charge in [0.1, 0.15) is 5.75 Å². The molecule has 1 heterocycles. The minimum atomic E-state index is 0.747. The first-order chi connectivity index (χ1) is 9.35. The van der Waals surface area contributed by atoms with Crippen molar-refractivity contribution >= 4 is 0 Å². The molecule has 2 rings (SSSR count). The summed E-state index contributed by atoms with van der Waals surface area (Å²) in [5.74, 6) is 1.75. The van der Waals surface area contributed by atoms with Crippen molar-refractivity contribution in [2.24, 2.45) is 0 Å². The largest absolute Gasteiger partial charge is 0.494 e. The number of benzene rings is 1. The third kappa shape index (κ3) is 3.53. The van der Waals surface area contributed by atoms with Gasteiger partial charge in [-0.1, -0.05) is 26.3 Å². The van der Waals surface area contributed by atoms with E-state index in [0.717, 1.165) is 49.6 Å². The minimum absolute atomic E-state index is 0.747. The van der Waals surface area contributed by atoms with Crippen LogP contribution in [0.3, 0.4) is 0 Å². The lowest BCUT2D eigenvalue weighted by Crippen LogP contribution is -2.04. The second-order valence-electron chi connectivity index (χ2n) is 4.46. The summed E-state index contributed by atoms with van der Waals surface area (Å²) in [6, 6.07) is 7.89. The van der Waals surface area contributed by atoms with Crippen molar-refractivity contribution in [1.82, 2.24) is 20.2 Å². The monoisotopic (exact) mass is 260 g/mol. The highest BCUT2D eigenvalue weighted by atomic mass is 16.5. The number of aromatic nitrogens is 4. The molecule has 0 spiro atoms. The molecule has 0 saturated carbocycles. The third-order valence-electron chi connectivity index (χ3n) is 2.84. The van der Waals surface area contributed by atoms with E-state index in [1.54, 1.807) is 4.68 Å². The van der Waals surface area contributed by atoms with Crippen molar-refractivity contribution in [3.63, 3.8) is 0 Å². The zero-order valence-corrected chi connectivity index (χ0v) is 11.5. The van der Waals surface area contributed by atoms with Gasteiger partial charge >= 0.3 is 0 Å². The normalized spacial score (nSPS) is 10.6. The SMILES string of the molecule is CCCCOc1cccc(-n2nnnc2CCC)c1. The Labute approximate surface area is 113 Å². The van der Waals surface area contributed by atoms with E-state index in [2.05, 4.69) is 29.4 Å². The molecule has 0 amide bonds. The number of tetrazole rings is 1. The number of unbranched alkanes of at least 4 members (excludes halogenated alkanes) is 1. The standard InChI is InChI=1S/C14H20N4O/c1-3-5-10-19-13-9-6-8-12(11-13)18-14(7-4-2)15-16-17-18/h6,8-9,11H,3-5,7,10H2,1-2H3. The van der Waals surface area contributed by atoms with Crippen LogP contribution >= 0.6 is 0 Å². The molecule has 0 aliphatic carbocycles. The molecule has 19 heavy (non-hydrogen) atoms. The highest BCUT2D eigenvalue weighted by Gasteiger charge is 2.07. The molecule has 0 aliphatic rings. The Hall–Kier alpha value is -1.91. The van der Waals surface area contributed by atoms with Gasteiger partial charge in [-0.05, 0) is 35.4 Å². The summed E-state index contributed by atoms with van der Waals surface area (Å²) in [6.07, 6.45) is 4.09. The average Bonchev–Trinajstić information content (AvgIpc) is 2.88. The predicted molar refractivity (Wildman–Crippen MR) is 73.6 cm³/mol. The van der Waals surface area contributed by atoms with E-state index in [9.17, 15) is 0 Å². The summed E-state index contributed by atoms with van der Waals surface area (Å²) in [5, 5.41) is 11.8. The number of aryl methyl sites for hydroxylation is 1. The van der Waals surface area contributed by atoms with E-state index in [-0.39, 0.29) is 0 Å². The molecule has 5 heteroatoms. The molecule has 0 atom stereocenters. The van der Waals surface area contributed by atoms with Crippen LogP contribution in [-0.2, 0) is 6.42 Å². The van der Waals surface area contributed by atoms with Crippen LogP contribution in [0.25, 0.3) is 5.69 Å². The molecular weight excluding hydrogens is 240 g/mol. The van der Waals surface area contributed by atoms with Gasteiger partial charge in [0.25, 0.3) is 0 Å². The van der Waals surface area contributed by atoms with Crippen LogP contribution in [-0.4, -0.2) is 26.8 Å². The van der Waals surface area contributed by atoms with E-state index >= 15 is 0 Å². The fraction of sp³-hybridized carbons (Fsp3) is 0.500. The van der Waals surface area contributed by atoms with Crippen molar-refractivity contribution in [2.75, 3.05) is 6.61 Å². The molecule has 0 N–H and O–H groups in total. The van der Waals surface area contributed by atoms with Gasteiger partial charge in [-0.2, -0.15) is 4.68 Å². The highest BCUT2D eigenvalue weighted by molar-refractivity contribution is 5.38. The van der Waals surface area contributed by atoms with Crippen molar-refractivity contribution in [1.29, 1.82) is 0 Å². The molecule has 5 nitrogen and oxygen atoms in total. The summed E-state index contributed by atoms with van der Waals surface area (Å²) in [5.41, 5.74) is 0.947. The topological polar surface area (TPSA) is 52.8 Å². The second kappa shape index (κ2) is 6.87. The maximum Gasteiger partial charge on any atom is 0.156 e. The number of ether oxygens (including phenoxy) is 1. The van der Waals surface area contributed by atoms with Crippen LogP contribution in [0.5, 0.6) is 5.75 Å². The summed E-state index contributed by atoms with van der Waals surface area (Å²) < 4.78 is 7.48. The fourth-order valence-corrected chi connectivity index (χ4v) is 1.83. The number of nitrogens with zero attached hydrogens (tertiary/aromatic N) is 4. The van der Waals surface area contributed by atoms with E-state index in [1.165, 1.54) is 0 Å². The van der Waals surface area contributed by atoms with Gasteiger partial charge in [0.2, 0.25) is 0 Å². The Bertz CT molecular complexity index is 510. The van der Waals surface area contributed by atoms with Gasteiger partial charge in [0.05, 0.1) is 12.3 Å². The molecule has 1 aromatic heterocycles. The molecule has 1 aromatic carbocycles. The Morgan fingerprint density at radius 3 is 2.89 bits per heavy atom. The summed E-state index contributed by atoms with van der Waals surface area (Å²) in [7, 11) is 0. The van der Waals surface area contributed by atoms with E-state index < -0.39 is 0 Å². The maximum absolute atomic E-state index is 5.70. The molecule has 0 unspecified atom stereocenters. The van der Waals surface area contributed by atoms with Crippen molar-refractivity contribution in [2.45, 2.75) is 39.5 Å². The predicted octanol–water partition coefficient (Wildman–Crippen LogP) is 2.79. The second-order valence-corrected chi connectivity index (χ2v) is 4.46. The lowest BCUT2D eigenvalue weighted by Gasteiger charge is -2.08. The van der Waals surface area contributed by atoms with Gasteiger partial charge in [0, 0.05) is 12.5 Å². The van der Waals surface area contributed by atoms with Crippen LogP contribution in [0.15, 0.2) is 24.3 Å². The zero-order chi connectivity index (χ0) is 13.5. The van der Waals surface area contributed by atoms with Gasteiger partial charge < -0.3 is 4.74 Å². The van der Waals surface area contributed by atoms with Crippen LogP contribution < -0.4 is 4.74 Å². The average molecular weight is 260 g/mol. The maximum atomic E-state index is 5.70. The van der Waals surface area contributed by atoms with Crippen molar-refractivity contribution in [3.8, 4) is 11.4 Å². The molecule has 0 saturated heterocycles. The lowest BCUT2D eigenvalue weighted by molar-refractivity contribution is 0.309. The van der Waals surface area contributed by atoms with Gasteiger partial charge in [-0.15, -0.1) is 5.10 Å². The Kier molecular flexibility index (Phi) is 4.89. The Balaban J connectivity index is 2.15. The van der Waals surface area contributed by atoms with Gasteiger partial charge in [0.15, 0.2) is 5.82 Å². The van der Waals surface area contributed by atoms with E-state index in [1.807, 2.05) is 24.3 Å². The molecule has 2 aromatic rings. The van der Waals surface area contributed by atoms with Crippen molar-refractivity contribution < 1.29 is 4.74 Å². The van der Waals surface area contributed by atoms with E-state index in [0.29, 0.717) is 0 Å². The molecular formula is C14H20N4O. The molecule has 0 aliphatic heterocycles. The van der Waals surface area contributed by atoms with Crippen LogP contribution in [0.2, 0.25) is 0 Å². The Morgan fingerprint density at radius 1 is 1.21 bits per heavy atom. The third-order valence-corrected chi connectivity index (χ3v) is 2.84. The highest BCUT2D eigenvalue weighted by Crippen LogP contribution is 2.17. The first kappa shape index (κ1) is 13.5. The number of rotatable bonds is 7. The van der Waals surface area contributed by atoms with Crippen LogP contribution in [0.1, 0.15) is 38.9 Å².